The molecule has 0 N–H and O–H groups in total. The molecule has 1 aliphatic rings. The van der Waals surface area contributed by atoms with E-state index in [0.29, 0.717) is 17.2 Å². The molecule has 0 fully saturated rings. The van der Waals surface area contributed by atoms with Crippen molar-refractivity contribution in [1.82, 2.24) is 9.88 Å². The Morgan fingerprint density at radius 3 is 2.87 bits per heavy atom. The first-order chi connectivity index (χ1) is 15.1. The maximum Gasteiger partial charge on any atom is 0.346 e. The second-order valence-electron chi connectivity index (χ2n) is 8.06. The van der Waals surface area contributed by atoms with Gasteiger partial charge in [0, 0.05) is 29.7 Å². The molecule has 0 radical (unpaired) electrons. The predicted molar refractivity (Wildman–Crippen MR) is 133 cm³/mol. The van der Waals surface area contributed by atoms with Gasteiger partial charge in [0.25, 0.3) is 0 Å². The fourth-order valence-corrected chi connectivity index (χ4v) is 4.92. The molecule has 1 atom stereocenters. The summed E-state index contributed by atoms with van der Waals surface area (Å²) in [6.07, 6.45) is 16.8. The molecule has 0 saturated heterocycles. The van der Waals surface area contributed by atoms with Crippen LogP contribution in [0.5, 0.6) is 0 Å². The minimum atomic E-state index is -0.349. The highest BCUT2D eigenvalue weighted by atomic mass is 32.1. The number of thiazole rings is 1. The van der Waals surface area contributed by atoms with E-state index in [0.717, 1.165) is 42.2 Å². The molecule has 0 aliphatic heterocycles. The van der Waals surface area contributed by atoms with Crippen LogP contribution in [0.3, 0.4) is 0 Å². The van der Waals surface area contributed by atoms with Crippen LogP contribution in [0.2, 0.25) is 0 Å². The quantitative estimate of drug-likeness (QED) is 0.384. The largest absolute Gasteiger partial charge is 0.422 e. The summed E-state index contributed by atoms with van der Waals surface area (Å²) < 4.78 is 5.72. The zero-order chi connectivity index (χ0) is 22.2. The Kier molecular flexibility index (Phi) is 8.47. The van der Waals surface area contributed by atoms with Crippen LogP contribution in [0.15, 0.2) is 34.1 Å². The number of unbranched alkanes of at least 4 members (excludes halogenated alkanes) is 1. The fourth-order valence-electron chi connectivity index (χ4n) is 3.85. The van der Waals surface area contributed by atoms with Gasteiger partial charge in [0.15, 0.2) is 0 Å². The maximum absolute atomic E-state index is 12.8. The summed E-state index contributed by atoms with van der Waals surface area (Å²) in [5, 5.41) is 0.723. The van der Waals surface area contributed by atoms with Gasteiger partial charge in [-0.3, -0.25) is 0 Å². The molecule has 4 nitrogen and oxygen atoms in total. The summed E-state index contributed by atoms with van der Waals surface area (Å²) in [6, 6.07) is 1.86. The van der Waals surface area contributed by atoms with Crippen LogP contribution in [-0.4, -0.2) is 23.0 Å². The van der Waals surface area contributed by atoms with Crippen molar-refractivity contribution in [1.29, 1.82) is 0 Å². The van der Waals surface area contributed by atoms with Crippen molar-refractivity contribution in [2.75, 3.05) is 13.1 Å². The zero-order valence-electron chi connectivity index (χ0n) is 19.0. The summed E-state index contributed by atoms with van der Waals surface area (Å²) >= 11 is 1.58. The van der Waals surface area contributed by atoms with Gasteiger partial charge in [0.1, 0.15) is 10.8 Å². The maximum atomic E-state index is 12.8. The molecule has 5 heteroatoms. The lowest BCUT2D eigenvalue weighted by atomic mass is 9.99. The lowest BCUT2D eigenvalue weighted by Crippen LogP contribution is -2.24. The van der Waals surface area contributed by atoms with Gasteiger partial charge in [-0.25, -0.2) is 9.78 Å². The standard InChI is InChI=1S/C26H34N2O2S/c1-5-9-12-19(6-2)18-28(8-4)16-15-23-20(7-3)17-21(26(29)30-23)25-27-22-13-10-11-14-24(22)31-25/h7,10,13,15-17,19H,3,5-6,8-9,11-12,14,18H2,1-2,4H3/b16-15+. The van der Waals surface area contributed by atoms with E-state index in [2.05, 4.69) is 43.3 Å². The second kappa shape index (κ2) is 11.3. The van der Waals surface area contributed by atoms with Gasteiger partial charge in [-0.15, -0.1) is 11.3 Å². The highest BCUT2D eigenvalue weighted by molar-refractivity contribution is 7.15. The van der Waals surface area contributed by atoms with E-state index in [9.17, 15) is 4.79 Å². The summed E-state index contributed by atoms with van der Waals surface area (Å²) in [4.78, 5) is 21.0. The lowest BCUT2D eigenvalue weighted by molar-refractivity contribution is 0.297. The van der Waals surface area contributed by atoms with E-state index in [-0.39, 0.29) is 5.63 Å². The Bertz CT molecular complexity index is 999. The van der Waals surface area contributed by atoms with Crippen LogP contribution in [0, 0.1) is 5.92 Å². The molecular formula is C26H34N2O2S. The average Bonchev–Trinajstić information content (AvgIpc) is 3.22. The van der Waals surface area contributed by atoms with Crippen LogP contribution < -0.4 is 5.63 Å². The molecule has 166 valence electrons. The first kappa shape index (κ1) is 23.3. The van der Waals surface area contributed by atoms with Gasteiger partial charge in [-0.05, 0) is 50.3 Å². The summed E-state index contributed by atoms with van der Waals surface area (Å²) in [5.41, 5.74) is 1.95. The number of hydrogen-bond acceptors (Lipinski definition) is 5. The summed E-state index contributed by atoms with van der Waals surface area (Å²) in [5.74, 6) is 1.23. The van der Waals surface area contributed by atoms with Gasteiger partial charge >= 0.3 is 5.63 Å². The highest BCUT2D eigenvalue weighted by Gasteiger charge is 2.17. The predicted octanol–water partition coefficient (Wildman–Crippen LogP) is 6.87. The summed E-state index contributed by atoms with van der Waals surface area (Å²) in [7, 11) is 0. The van der Waals surface area contributed by atoms with Crippen LogP contribution in [0.4, 0.5) is 0 Å². The Morgan fingerprint density at radius 2 is 2.19 bits per heavy atom. The zero-order valence-corrected chi connectivity index (χ0v) is 19.8. The molecule has 2 aromatic rings. The SMILES string of the molecule is C=Cc1cc(-c2nc3c(s2)CCC=C3)c(=O)oc1/C=C/N(CC)CC(CC)CCCC. The molecule has 31 heavy (non-hydrogen) atoms. The summed E-state index contributed by atoms with van der Waals surface area (Å²) in [6.45, 7) is 12.5. The number of nitrogens with zero attached hydrogens (tertiary/aromatic N) is 2. The van der Waals surface area contributed by atoms with E-state index < -0.39 is 0 Å². The van der Waals surface area contributed by atoms with Crippen LogP contribution in [0.1, 0.15) is 74.8 Å². The van der Waals surface area contributed by atoms with Crippen molar-refractivity contribution in [3.63, 3.8) is 0 Å². The third kappa shape index (κ3) is 5.85. The van der Waals surface area contributed by atoms with E-state index in [1.165, 1.54) is 30.6 Å². The number of rotatable bonds is 11. The molecule has 2 aromatic heterocycles. The van der Waals surface area contributed by atoms with Crippen molar-refractivity contribution in [3.05, 3.63) is 57.2 Å². The molecule has 0 bridgehead atoms. The first-order valence-corrected chi connectivity index (χ1v) is 12.3. The third-order valence-electron chi connectivity index (χ3n) is 5.88. The number of hydrogen-bond donors (Lipinski definition) is 0. The van der Waals surface area contributed by atoms with Crippen LogP contribution >= 0.6 is 11.3 Å². The van der Waals surface area contributed by atoms with Crippen LogP contribution in [0.25, 0.3) is 28.8 Å². The molecule has 3 rings (SSSR count). The van der Waals surface area contributed by atoms with Gasteiger partial charge in [-0.1, -0.05) is 51.8 Å². The van der Waals surface area contributed by atoms with Crippen molar-refractivity contribution in [3.8, 4) is 10.6 Å². The minimum absolute atomic E-state index is 0.349. The normalized spacial score (nSPS) is 14.0. The van der Waals surface area contributed by atoms with E-state index in [1.807, 2.05) is 24.4 Å². The Morgan fingerprint density at radius 1 is 1.35 bits per heavy atom. The Hall–Kier alpha value is -2.40. The van der Waals surface area contributed by atoms with E-state index in [1.54, 1.807) is 17.4 Å². The number of allylic oxidation sites excluding steroid dienone is 1. The van der Waals surface area contributed by atoms with Crippen molar-refractivity contribution in [2.45, 2.75) is 59.3 Å². The van der Waals surface area contributed by atoms with Gasteiger partial charge in [-0.2, -0.15) is 0 Å². The van der Waals surface area contributed by atoms with Gasteiger partial charge in [0.2, 0.25) is 0 Å². The lowest BCUT2D eigenvalue weighted by Gasteiger charge is -2.24. The number of aromatic nitrogens is 1. The molecule has 1 unspecified atom stereocenters. The van der Waals surface area contributed by atoms with E-state index in [4.69, 9.17) is 4.42 Å². The molecule has 1 aliphatic carbocycles. The number of fused-ring (bicyclic) bond motifs is 1. The monoisotopic (exact) mass is 438 g/mol. The Labute approximate surface area is 190 Å². The molecule has 0 amide bonds. The topological polar surface area (TPSA) is 46.3 Å². The highest BCUT2D eigenvalue weighted by Crippen LogP contribution is 2.31. The van der Waals surface area contributed by atoms with Crippen LogP contribution in [-0.2, 0) is 6.42 Å². The molecule has 0 aromatic carbocycles. The Balaban J connectivity index is 1.82. The van der Waals surface area contributed by atoms with E-state index >= 15 is 0 Å². The van der Waals surface area contributed by atoms with Crippen molar-refractivity contribution >= 4 is 29.6 Å². The average molecular weight is 439 g/mol. The van der Waals surface area contributed by atoms with Crippen molar-refractivity contribution < 1.29 is 4.42 Å². The number of aryl methyl sites for hydroxylation is 1. The van der Waals surface area contributed by atoms with Crippen molar-refractivity contribution in [2.24, 2.45) is 5.92 Å². The molecule has 2 heterocycles. The molecule has 0 saturated carbocycles. The molecule has 0 spiro atoms. The first-order valence-electron chi connectivity index (χ1n) is 11.5. The smallest absolute Gasteiger partial charge is 0.346 e. The molecular weight excluding hydrogens is 404 g/mol. The minimum Gasteiger partial charge on any atom is -0.422 e. The second-order valence-corrected chi connectivity index (χ2v) is 9.14. The third-order valence-corrected chi connectivity index (χ3v) is 7.04. The van der Waals surface area contributed by atoms with Gasteiger partial charge < -0.3 is 9.32 Å². The fraction of sp³-hybridized carbons (Fsp3) is 0.462. The van der Waals surface area contributed by atoms with Gasteiger partial charge in [0.05, 0.1) is 11.3 Å².